The number of nitrogens with zero attached hydrogens (tertiary/aromatic N) is 1. The molecular weight excluding hydrogens is 751 g/mol. The quantitative estimate of drug-likeness (QED) is 0.177. The molecule has 4 heteroatoms. The molecule has 0 bridgehead atoms. The summed E-state index contributed by atoms with van der Waals surface area (Å²) in [6, 6.07) is 61.4. The van der Waals surface area contributed by atoms with E-state index in [2.05, 4.69) is 201 Å². The Bertz CT molecular complexity index is 3810. The Balaban J connectivity index is 1.10. The number of furan rings is 1. The third-order valence-electron chi connectivity index (χ3n) is 15.0. The van der Waals surface area contributed by atoms with Crippen molar-refractivity contribution < 1.29 is 4.42 Å². The minimum absolute atomic E-state index is 0.0859. The van der Waals surface area contributed by atoms with E-state index in [1.807, 2.05) is 0 Å². The third-order valence-corrected chi connectivity index (χ3v) is 15.0. The van der Waals surface area contributed by atoms with E-state index in [0.717, 1.165) is 57.1 Å². The first-order chi connectivity index (χ1) is 30.2. The zero-order valence-electron chi connectivity index (χ0n) is 35.2. The lowest BCUT2D eigenvalue weighted by Crippen LogP contribution is -2.41. The van der Waals surface area contributed by atoms with Crippen LogP contribution in [0.4, 0.5) is 17.1 Å². The van der Waals surface area contributed by atoms with Gasteiger partial charge in [-0.25, -0.2) is 0 Å². The fourth-order valence-corrected chi connectivity index (χ4v) is 11.9. The molecule has 11 aromatic rings. The Labute approximate surface area is 360 Å². The first-order valence-corrected chi connectivity index (χ1v) is 22.0. The van der Waals surface area contributed by atoms with E-state index in [0.29, 0.717) is 0 Å². The van der Waals surface area contributed by atoms with Crippen molar-refractivity contribution in [3.05, 3.63) is 186 Å². The van der Waals surface area contributed by atoms with Gasteiger partial charge in [-0.05, 0) is 103 Å². The Morgan fingerprint density at radius 1 is 0.484 bits per heavy atom. The van der Waals surface area contributed by atoms with Crippen molar-refractivity contribution >= 4 is 89.8 Å². The standard InChI is InChI=1S/C58H41BN2O/c1-57(2)44-21-10-7-16-35(44)40-28-34(24-25-46(40)57)61-50-29-41-36-17-8-11-22-45(36)58(3,4)47(41)31-48(50)59-54-51(61)30-43-37-18-9-12-23-52(37)62-56(43)53(54)39-20-13-19-38-42-26-32-14-5-6-15-33(32)27-49(42)60-55(38)39/h5-31,59-60H,1-4H3. The number of fused-ring (bicyclic) bond motifs is 15. The van der Waals surface area contributed by atoms with Crippen LogP contribution in [0.5, 0.6) is 0 Å². The van der Waals surface area contributed by atoms with Gasteiger partial charge in [-0.2, -0.15) is 0 Å². The highest BCUT2D eigenvalue weighted by Crippen LogP contribution is 2.54. The normalized spacial score (nSPS) is 15.1. The Morgan fingerprint density at radius 2 is 1.13 bits per heavy atom. The molecule has 0 spiro atoms. The van der Waals surface area contributed by atoms with Crippen molar-refractivity contribution in [1.82, 2.24) is 4.98 Å². The largest absolute Gasteiger partial charge is 0.455 e. The van der Waals surface area contributed by atoms with Gasteiger partial charge in [0.15, 0.2) is 7.28 Å². The molecule has 0 saturated heterocycles. The van der Waals surface area contributed by atoms with Crippen LogP contribution in [-0.4, -0.2) is 12.3 Å². The van der Waals surface area contributed by atoms with Crippen molar-refractivity contribution in [3.63, 3.8) is 0 Å². The maximum absolute atomic E-state index is 7.06. The smallest absolute Gasteiger partial charge is 0.198 e. The number of para-hydroxylation sites is 2. The summed E-state index contributed by atoms with van der Waals surface area (Å²) in [7, 11) is 0.768. The summed E-state index contributed by atoms with van der Waals surface area (Å²) in [4.78, 5) is 6.53. The van der Waals surface area contributed by atoms with Gasteiger partial charge in [-0.3, -0.25) is 0 Å². The van der Waals surface area contributed by atoms with Crippen LogP contribution in [0.2, 0.25) is 0 Å². The summed E-state index contributed by atoms with van der Waals surface area (Å²) >= 11 is 0. The molecule has 9 aromatic carbocycles. The molecule has 292 valence electrons. The van der Waals surface area contributed by atoms with Crippen LogP contribution >= 0.6 is 0 Å². The fourth-order valence-electron chi connectivity index (χ4n) is 11.9. The van der Waals surface area contributed by atoms with Gasteiger partial charge >= 0.3 is 0 Å². The van der Waals surface area contributed by atoms with E-state index in [4.69, 9.17) is 4.42 Å². The number of benzene rings is 9. The summed E-state index contributed by atoms with van der Waals surface area (Å²) < 4.78 is 7.06. The summed E-state index contributed by atoms with van der Waals surface area (Å²) in [5, 5.41) is 7.18. The Kier molecular flexibility index (Phi) is 6.52. The summed E-state index contributed by atoms with van der Waals surface area (Å²) in [6.07, 6.45) is 0. The van der Waals surface area contributed by atoms with Crippen molar-refractivity contribution in [2.24, 2.45) is 0 Å². The molecule has 0 radical (unpaired) electrons. The highest BCUT2D eigenvalue weighted by Gasteiger charge is 2.40. The van der Waals surface area contributed by atoms with Gasteiger partial charge in [0.05, 0.1) is 5.52 Å². The molecule has 3 aliphatic rings. The first kappa shape index (κ1) is 34.4. The molecular formula is C58H41BN2O. The lowest BCUT2D eigenvalue weighted by Gasteiger charge is -2.36. The minimum Gasteiger partial charge on any atom is -0.455 e. The second-order valence-electron chi connectivity index (χ2n) is 18.9. The molecule has 3 heterocycles. The maximum Gasteiger partial charge on any atom is 0.198 e. The second-order valence-corrected chi connectivity index (χ2v) is 18.9. The molecule has 0 atom stereocenters. The van der Waals surface area contributed by atoms with Gasteiger partial charge in [0, 0.05) is 66.1 Å². The highest BCUT2D eigenvalue weighted by molar-refractivity contribution is 6.74. The molecule has 0 amide bonds. The van der Waals surface area contributed by atoms with E-state index in [1.165, 1.54) is 88.4 Å². The SMILES string of the molecule is CC1(C)c2ccccc2-c2cc(N3c4cc5c(cc4Bc4c3cc3c(oc6ccccc63)c4-c3cccc4c3[nH]c3cc6ccccc6cc34)C(C)(C)c3ccccc3-5)ccc21. The van der Waals surface area contributed by atoms with Crippen LogP contribution in [-0.2, 0) is 10.8 Å². The van der Waals surface area contributed by atoms with Gasteiger partial charge in [-0.1, -0.05) is 154 Å². The molecule has 2 aliphatic carbocycles. The van der Waals surface area contributed by atoms with Crippen LogP contribution in [0.15, 0.2) is 168 Å². The number of anilines is 3. The predicted molar refractivity (Wildman–Crippen MR) is 262 cm³/mol. The Hall–Kier alpha value is -7.30. The van der Waals surface area contributed by atoms with E-state index in [9.17, 15) is 0 Å². The van der Waals surface area contributed by atoms with Gasteiger partial charge in [0.2, 0.25) is 0 Å². The molecule has 3 nitrogen and oxygen atoms in total. The Morgan fingerprint density at radius 3 is 1.94 bits per heavy atom. The summed E-state index contributed by atoms with van der Waals surface area (Å²) in [6.45, 7) is 9.51. The highest BCUT2D eigenvalue weighted by atomic mass is 16.3. The molecule has 1 aliphatic heterocycles. The lowest BCUT2D eigenvalue weighted by molar-refractivity contribution is 0.660. The van der Waals surface area contributed by atoms with E-state index in [1.54, 1.807) is 0 Å². The number of aromatic nitrogens is 1. The summed E-state index contributed by atoms with van der Waals surface area (Å²) in [5.41, 5.74) is 23.2. The third kappa shape index (κ3) is 4.36. The number of H-pyrrole nitrogens is 1. The van der Waals surface area contributed by atoms with Crippen LogP contribution < -0.4 is 15.8 Å². The van der Waals surface area contributed by atoms with E-state index in [-0.39, 0.29) is 10.8 Å². The maximum atomic E-state index is 7.06. The van der Waals surface area contributed by atoms with Gasteiger partial charge < -0.3 is 14.3 Å². The van der Waals surface area contributed by atoms with Crippen LogP contribution in [0.1, 0.15) is 49.9 Å². The van der Waals surface area contributed by atoms with Crippen molar-refractivity contribution in [1.29, 1.82) is 0 Å². The molecule has 14 rings (SSSR count). The fraction of sp³-hybridized carbons (Fsp3) is 0.103. The predicted octanol–water partition coefficient (Wildman–Crippen LogP) is 13.8. The molecule has 2 aromatic heterocycles. The number of hydrogen-bond acceptors (Lipinski definition) is 2. The van der Waals surface area contributed by atoms with E-state index < -0.39 is 0 Å². The van der Waals surface area contributed by atoms with Crippen molar-refractivity contribution in [2.45, 2.75) is 38.5 Å². The topological polar surface area (TPSA) is 32.2 Å². The van der Waals surface area contributed by atoms with Crippen LogP contribution in [0.3, 0.4) is 0 Å². The van der Waals surface area contributed by atoms with Crippen LogP contribution in [0, 0.1) is 0 Å². The molecule has 0 fully saturated rings. The zero-order chi connectivity index (χ0) is 41.2. The zero-order valence-corrected chi connectivity index (χ0v) is 35.2. The van der Waals surface area contributed by atoms with Crippen LogP contribution in [0.25, 0.3) is 87.9 Å². The first-order valence-electron chi connectivity index (χ1n) is 22.0. The number of aromatic amines is 1. The molecule has 0 saturated carbocycles. The average Bonchev–Trinajstić information content (AvgIpc) is 3.98. The number of rotatable bonds is 2. The number of hydrogen-bond donors (Lipinski definition) is 1. The second kappa shape index (κ2) is 11.7. The lowest BCUT2D eigenvalue weighted by atomic mass is 9.57. The van der Waals surface area contributed by atoms with Gasteiger partial charge in [-0.15, -0.1) is 0 Å². The van der Waals surface area contributed by atoms with Crippen molar-refractivity contribution in [2.75, 3.05) is 4.90 Å². The molecule has 62 heavy (non-hydrogen) atoms. The average molecular weight is 793 g/mol. The minimum atomic E-state index is -0.125. The monoisotopic (exact) mass is 792 g/mol. The molecule has 1 N–H and O–H groups in total. The van der Waals surface area contributed by atoms with E-state index >= 15 is 0 Å². The summed E-state index contributed by atoms with van der Waals surface area (Å²) in [5.74, 6) is 0. The van der Waals surface area contributed by atoms with Gasteiger partial charge in [0.25, 0.3) is 0 Å². The molecule has 0 unspecified atom stereocenters. The van der Waals surface area contributed by atoms with Gasteiger partial charge in [0.1, 0.15) is 11.2 Å². The van der Waals surface area contributed by atoms with Crippen molar-refractivity contribution in [3.8, 4) is 33.4 Å². The number of nitrogens with one attached hydrogen (secondary N) is 1.